The normalized spacial score (nSPS) is 10.0. The molecule has 124 valence electrons. The number of nitrogens with zero attached hydrogens (tertiary/aromatic N) is 2. The molecule has 0 atom stereocenters. The van der Waals surface area contributed by atoms with E-state index in [1.165, 1.54) is 11.3 Å². The summed E-state index contributed by atoms with van der Waals surface area (Å²) in [6, 6.07) is 3.85. The zero-order valence-electron chi connectivity index (χ0n) is 12.6. The highest BCUT2D eigenvalue weighted by Crippen LogP contribution is 2.43. The SMILES string of the molecule is COc1c(O)c(C)c2sc(N)nc2c1Cc1cccnc1.Cl.Cl. The maximum atomic E-state index is 10.4. The number of thiazole rings is 1. The lowest BCUT2D eigenvalue weighted by atomic mass is 10.0. The molecular weight excluding hydrogens is 357 g/mol. The largest absolute Gasteiger partial charge is 0.504 e. The summed E-state index contributed by atoms with van der Waals surface area (Å²) in [6.07, 6.45) is 4.09. The molecule has 1 aromatic carbocycles. The number of ether oxygens (including phenoxy) is 1. The fraction of sp³-hybridized carbons (Fsp3) is 0.200. The Morgan fingerprint density at radius 1 is 1.35 bits per heavy atom. The Balaban J connectivity index is 0.00000132. The quantitative estimate of drug-likeness (QED) is 0.730. The third-order valence-electron chi connectivity index (χ3n) is 3.42. The summed E-state index contributed by atoms with van der Waals surface area (Å²) in [4.78, 5) is 8.52. The number of halogens is 2. The second kappa shape index (κ2) is 7.68. The summed E-state index contributed by atoms with van der Waals surface area (Å²) >= 11 is 1.37. The number of nitrogen functional groups attached to an aromatic ring is 1. The fourth-order valence-corrected chi connectivity index (χ4v) is 3.28. The van der Waals surface area contributed by atoms with E-state index in [-0.39, 0.29) is 30.6 Å². The van der Waals surface area contributed by atoms with E-state index >= 15 is 0 Å². The standard InChI is InChI=1S/C15H15N3O2S.2ClH/c1-8-12(19)13(20-2)10(6-9-4-3-5-17-7-9)11-14(8)21-15(16)18-11;;/h3-5,7,19H,6H2,1-2H3,(H2,16,18);2*1H. The zero-order valence-corrected chi connectivity index (χ0v) is 15.0. The first-order valence-electron chi connectivity index (χ1n) is 6.45. The van der Waals surface area contributed by atoms with Crippen LogP contribution in [0.5, 0.6) is 11.5 Å². The molecule has 0 bridgehead atoms. The number of aromatic hydroxyl groups is 1. The number of aryl methyl sites for hydroxylation is 1. The molecule has 0 aliphatic heterocycles. The van der Waals surface area contributed by atoms with Crippen molar-refractivity contribution in [3.8, 4) is 11.5 Å². The van der Waals surface area contributed by atoms with Gasteiger partial charge < -0.3 is 15.6 Å². The maximum Gasteiger partial charge on any atom is 0.181 e. The fourth-order valence-electron chi connectivity index (χ4n) is 2.41. The summed E-state index contributed by atoms with van der Waals surface area (Å²) in [6.45, 7) is 1.84. The van der Waals surface area contributed by atoms with E-state index in [1.54, 1.807) is 19.5 Å². The number of aromatic nitrogens is 2. The molecule has 0 aliphatic carbocycles. The molecule has 0 amide bonds. The molecule has 0 saturated heterocycles. The predicted octanol–water partition coefficient (Wildman–Crippen LogP) is 3.73. The van der Waals surface area contributed by atoms with Crippen LogP contribution in [0.3, 0.4) is 0 Å². The minimum Gasteiger partial charge on any atom is -0.504 e. The number of fused-ring (bicyclic) bond motifs is 1. The number of benzene rings is 1. The predicted molar refractivity (Wildman–Crippen MR) is 98.5 cm³/mol. The van der Waals surface area contributed by atoms with Crippen LogP contribution in [0.2, 0.25) is 0 Å². The monoisotopic (exact) mass is 373 g/mol. The van der Waals surface area contributed by atoms with Gasteiger partial charge in [-0.25, -0.2) is 4.98 Å². The van der Waals surface area contributed by atoms with Crippen molar-refractivity contribution in [2.24, 2.45) is 0 Å². The number of phenolic OH excluding ortho intramolecular Hbond substituents is 1. The number of anilines is 1. The lowest BCUT2D eigenvalue weighted by molar-refractivity contribution is 0.369. The Kier molecular flexibility index (Phi) is 6.44. The minimum atomic E-state index is 0. The van der Waals surface area contributed by atoms with Gasteiger partial charge in [0.2, 0.25) is 0 Å². The number of methoxy groups -OCH3 is 1. The summed E-state index contributed by atoms with van der Waals surface area (Å²) in [5.41, 5.74) is 9.21. The molecule has 2 heterocycles. The van der Waals surface area contributed by atoms with Crippen molar-refractivity contribution in [3.05, 3.63) is 41.2 Å². The number of pyridine rings is 1. The van der Waals surface area contributed by atoms with Gasteiger partial charge >= 0.3 is 0 Å². The Hall–Kier alpha value is -1.76. The average molecular weight is 374 g/mol. The molecule has 0 unspecified atom stereocenters. The molecule has 0 radical (unpaired) electrons. The Morgan fingerprint density at radius 2 is 2.09 bits per heavy atom. The van der Waals surface area contributed by atoms with E-state index in [2.05, 4.69) is 9.97 Å². The van der Waals surface area contributed by atoms with Gasteiger partial charge in [0.1, 0.15) is 0 Å². The van der Waals surface area contributed by atoms with Gasteiger partial charge in [0, 0.05) is 29.9 Å². The summed E-state index contributed by atoms with van der Waals surface area (Å²) in [5.74, 6) is 0.599. The van der Waals surface area contributed by atoms with Crippen LogP contribution in [0.1, 0.15) is 16.7 Å². The second-order valence-corrected chi connectivity index (χ2v) is 5.78. The maximum absolute atomic E-state index is 10.4. The van der Waals surface area contributed by atoms with Crippen LogP contribution in [-0.4, -0.2) is 22.2 Å². The zero-order chi connectivity index (χ0) is 15.0. The van der Waals surface area contributed by atoms with Crippen LogP contribution in [0, 0.1) is 6.92 Å². The molecule has 2 aromatic heterocycles. The summed E-state index contributed by atoms with van der Waals surface area (Å²) in [5, 5.41) is 10.8. The highest BCUT2D eigenvalue weighted by Gasteiger charge is 2.21. The van der Waals surface area contributed by atoms with Gasteiger partial charge in [-0.3, -0.25) is 4.98 Å². The van der Waals surface area contributed by atoms with Gasteiger partial charge in [0.25, 0.3) is 0 Å². The molecule has 3 rings (SSSR count). The van der Waals surface area contributed by atoms with E-state index in [1.807, 2.05) is 19.1 Å². The number of hydrogen-bond donors (Lipinski definition) is 2. The highest BCUT2D eigenvalue weighted by molar-refractivity contribution is 7.22. The Morgan fingerprint density at radius 3 is 2.70 bits per heavy atom. The smallest absolute Gasteiger partial charge is 0.181 e. The van der Waals surface area contributed by atoms with Crippen LogP contribution in [0.15, 0.2) is 24.5 Å². The van der Waals surface area contributed by atoms with E-state index in [9.17, 15) is 5.11 Å². The van der Waals surface area contributed by atoms with Gasteiger partial charge in [0.15, 0.2) is 16.6 Å². The van der Waals surface area contributed by atoms with Crippen LogP contribution in [0.25, 0.3) is 10.2 Å². The molecule has 0 fully saturated rings. The number of phenols is 1. The van der Waals surface area contributed by atoms with Gasteiger partial charge in [-0.15, -0.1) is 24.8 Å². The second-order valence-electron chi connectivity index (χ2n) is 4.75. The first kappa shape index (κ1) is 19.3. The van der Waals surface area contributed by atoms with Gasteiger partial charge in [0.05, 0.1) is 17.3 Å². The van der Waals surface area contributed by atoms with E-state index in [0.717, 1.165) is 26.9 Å². The molecule has 0 aliphatic rings. The number of hydrogen-bond acceptors (Lipinski definition) is 6. The third-order valence-corrected chi connectivity index (χ3v) is 4.43. The van der Waals surface area contributed by atoms with E-state index in [4.69, 9.17) is 10.5 Å². The van der Waals surface area contributed by atoms with Crippen molar-refractivity contribution in [1.82, 2.24) is 9.97 Å². The molecule has 8 heteroatoms. The van der Waals surface area contributed by atoms with Gasteiger partial charge in [-0.2, -0.15) is 0 Å². The number of nitrogens with two attached hydrogens (primary N) is 1. The van der Waals surface area contributed by atoms with E-state index in [0.29, 0.717) is 17.3 Å². The minimum absolute atomic E-state index is 0. The first-order valence-corrected chi connectivity index (χ1v) is 7.26. The van der Waals surface area contributed by atoms with Crippen molar-refractivity contribution in [2.45, 2.75) is 13.3 Å². The van der Waals surface area contributed by atoms with Gasteiger partial charge in [-0.05, 0) is 18.6 Å². The van der Waals surface area contributed by atoms with Crippen LogP contribution < -0.4 is 10.5 Å². The Labute approximate surface area is 150 Å². The lowest BCUT2D eigenvalue weighted by Gasteiger charge is -2.13. The molecule has 0 spiro atoms. The van der Waals surface area contributed by atoms with Crippen molar-refractivity contribution in [2.75, 3.05) is 12.8 Å². The van der Waals surface area contributed by atoms with Crippen LogP contribution in [-0.2, 0) is 6.42 Å². The van der Waals surface area contributed by atoms with Crippen molar-refractivity contribution < 1.29 is 9.84 Å². The van der Waals surface area contributed by atoms with Crippen LogP contribution >= 0.6 is 36.2 Å². The highest BCUT2D eigenvalue weighted by atomic mass is 35.5. The molecular formula is C15H17Cl2N3O2S. The Bertz CT molecular complexity index is 810. The summed E-state index contributed by atoms with van der Waals surface area (Å²) in [7, 11) is 1.54. The third kappa shape index (κ3) is 3.44. The van der Waals surface area contributed by atoms with E-state index < -0.39 is 0 Å². The van der Waals surface area contributed by atoms with Gasteiger partial charge in [-0.1, -0.05) is 17.4 Å². The lowest BCUT2D eigenvalue weighted by Crippen LogP contribution is -1.98. The number of rotatable bonds is 3. The molecule has 5 nitrogen and oxygen atoms in total. The average Bonchev–Trinajstić information content (AvgIpc) is 2.88. The summed E-state index contributed by atoms with van der Waals surface area (Å²) < 4.78 is 6.29. The van der Waals surface area contributed by atoms with Crippen molar-refractivity contribution in [3.63, 3.8) is 0 Å². The molecule has 23 heavy (non-hydrogen) atoms. The molecule has 3 aromatic rings. The van der Waals surface area contributed by atoms with Crippen molar-refractivity contribution >= 4 is 51.5 Å². The topological polar surface area (TPSA) is 81.3 Å². The first-order chi connectivity index (χ1) is 10.1. The molecule has 0 saturated carbocycles. The van der Waals surface area contributed by atoms with Crippen molar-refractivity contribution in [1.29, 1.82) is 0 Å². The van der Waals surface area contributed by atoms with Crippen LogP contribution in [0.4, 0.5) is 5.13 Å². The molecule has 3 N–H and O–H groups in total.